The molecule has 0 radical (unpaired) electrons. The summed E-state index contributed by atoms with van der Waals surface area (Å²) in [6.07, 6.45) is 3.32. The van der Waals surface area contributed by atoms with Crippen LogP contribution in [0.4, 0.5) is 0 Å². The molecule has 1 aromatic heterocycles. The second-order valence-electron chi connectivity index (χ2n) is 4.14. The number of likely N-dealkylation sites (tertiary alicyclic amines) is 1. The maximum Gasteiger partial charge on any atom is 0.320 e. The van der Waals surface area contributed by atoms with E-state index in [0.717, 1.165) is 24.9 Å². The van der Waals surface area contributed by atoms with Crippen LogP contribution in [-0.4, -0.2) is 40.7 Å². The molecule has 0 spiro atoms. The SMILES string of the molecule is COc1ncccc1CN1CCCC1C(=O)O. The Bertz CT molecular complexity index is 408. The van der Waals surface area contributed by atoms with Crippen molar-refractivity contribution >= 4 is 5.97 Å². The predicted molar refractivity (Wildman–Crippen MR) is 61.9 cm³/mol. The zero-order valence-corrected chi connectivity index (χ0v) is 9.80. The van der Waals surface area contributed by atoms with Crippen LogP contribution in [0.3, 0.4) is 0 Å². The van der Waals surface area contributed by atoms with Crippen molar-refractivity contribution in [2.45, 2.75) is 25.4 Å². The first-order chi connectivity index (χ1) is 8.22. The highest BCUT2D eigenvalue weighted by atomic mass is 16.5. The van der Waals surface area contributed by atoms with Gasteiger partial charge in [0.1, 0.15) is 6.04 Å². The molecule has 92 valence electrons. The minimum absolute atomic E-state index is 0.375. The maximum atomic E-state index is 11.1. The Hall–Kier alpha value is -1.62. The molecule has 1 atom stereocenters. The number of hydrogen-bond acceptors (Lipinski definition) is 4. The largest absolute Gasteiger partial charge is 0.481 e. The molecule has 5 nitrogen and oxygen atoms in total. The lowest BCUT2D eigenvalue weighted by Crippen LogP contribution is -2.35. The molecule has 1 aromatic rings. The minimum atomic E-state index is -0.745. The van der Waals surface area contributed by atoms with Gasteiger partial charge in [-0.15, -0.1) is 0 Å². The number of ether oxygens (including phenoxy) is 1. The Kier molecular flexibility index (Phi) is 3.58. The third-order valence-electron chi connectivity index (χ3n) is 3.07. The molecule has 0 aromatic carbocycles. The van der Waals surface area contributed by atoms with Gasteiger partial charge in [0.05, 0.1) is 7.11 Å². The van der Waals surface area contributed by atoms with Gasteiger partial charge in [0, 0.05) is 18.3 Å². The number of aliphatic carboxylic acids is 1. The molecule has 1 N–H and O–H groups in total. The van der Waals surface area contributed by atoms with Crippen LogP contribution in [-0.2, 0) is 11.3 Å². The predicted octanol–water partition coefficient (Wildman–Crippen LogP) is 1.14. The molecule has 0 bridgehead atoms. The average Bonchev–Trinajstić information content (AvgIpc) is 2.78. The number of carbonyl (C=O) groups is 1. The van der Waals surface area contributed by atoms with Crippen molar-refractivity contribution < 1.29 is 14.6 Å². The smallest absolute Gasteiger partial charge is 0.320 e. The van der Waals surface area contributed by atoms with E-state index >= 15 is 0 Å². The van der Waals surface area contributed by atoms with Crippen LogP contribution in [0.5, 0.6) is 5.88 Å². The number of carboxylic acid groups (broad SMARTS) is 1. The average molecular weight is 236 g/mol. The van der Waals surface area contributed by atoms with Gasteiger partial charge in [-0.05, 0) is 25.5 Å². The fourth-order valence-corrected chi connectivity index (χ4v) is 2.24. The van der Waals surface area contributed by atoms with E-state index in [0.29, 0.717) is 12.4 Å². The van der Waals surface area contributed by atoms with Crippen molar-refractivity contribution in [3.63, 3.8) is 0 Å². The second-order valence-corrected chi connectivity index (χ2v) is 4.14. The summed E-state index contributed by atoms with van der Waals surface area (Å²) in [5.74, 6) is -0.172. The van der Waals surface area contributed by atoms with Gasteiger partial charge < -0.3 is 9.84 Å². The summed E-state index contributed by atoms with van der Waals surface area (Å²) in [6, 6.07) is 3.38. The highest BCUT2D eigenvalue weighted by molar-refractivity contribution is 5.73. The summed E-state index contributed by atoms with van der Waals surface area (Å²) in [4.78, 5) is 17.1. The molecule has 2 rings (SSSR count). The number of methoxy groups -OCH3 is 1. The van der Waals surface area contributed by atoms with Crippen LogP contribution >= 0.6 is 0 Å². The fourth-order valence-electron chi connectivity index (χ4n) is 2.24. The second kappa shape index (κ2) is 5.14. The number of hydrogen-bond donors (Lipinski definition) is 1. The van der Waals surface area contributed by atoms with E-state index in [1.54, 1.807) is 13.3 Å². The molecular formula is C12H16N2O3. The van der Waals surface area contributed by atoms with E-state index in [-0.39, 0.29) is 6.04 Å². The lowest BCUT2D eigenvalue weighted by atomic mass is 10.2. The zero-order valence-electron chi connectivity index (χ0n) is 9.80. The van der Waals surface area contributed by atoms with Crippen LogP contribution in [0.1, 0.15) is 18.4 Å². The highest BCUT2D eigenvalue weighted by Crippen LogP contribution is 2.23. The lowest BCUT2D eigenvalue weighted by molar-refractivity contribution is -0.142. The van der Waals surface area contributed by atoms with Crippen LogP contribution in [0, 0.1) is 0 Å². The number of carboxylic acids is 1. The summed E-state index contributed by atoms with van der Waals surface area (Å²) in [7, 11) is 1.57. The van der Waals surface area contributed by atoms with Gasteiger partial charge in [0.25, 0.3) is 0 Å². The van der Waals surface area contributed by atoms with E-state index < -0.39 is 5.97 Å². The van der Waals surface area contributed by atoms with Gasteiger partial charge in [-0.3, -0.25) is 9.69 Å². The molecule has 2 heterocycles. The number of nitrogens with zero attached hydrogens (tertiary/aromatic N) is 2. The Morgan fingerprint density at radius 1 is 1.71 bits per heavy atom. The van der Waals surface area contributed by atoms with Gasteiger partial charge >= 0.3 is 5.97 Å². The van der Waals surface area contributed by atoms with Crippen molar-refractivity contribution in [2.24, 2.45) is 0 Å². The summed E-state index contributed by atoms with van der Waals surface area (Å²) in [6.45, 7) is 1.39. The standard InChI is InChI=1S/C12H16N2O3/c1-17-11-9(4-2-6-13-11)8-14-7-3-5-10(14)12(15)16/h2,4,6,10H,3,5,7-8H2,1H3,(H,15,16). The Labute approximate surface area is 100 Å². The van der Waals surface area contributed by atoms with Crippen molar-refractivity contribution in [1.82, 2.24) is 9.88 Å². The molecule has 0 saturated carbocycles. The first-order valence-electron chi connectivity index (χ1n) is 5.67. The topological polar surface area (TPSA) is 62.7 Å². The first kappa shape index (κ1) is 11.9. The first-order valence-corrected chi connectivity index (χ1v) is 5.67. The van der Waals surface area contributed by atoms with Crippen molar-refractivity contribution in [3.05, 3.63) is 23.9 Å². The third kappa shape index (κ3) is 2.55. The zero-order chi connectivity index (χ0) is 12.3. The number of aromatic nitrogens is 1. The third-order valence-corrected chi connectivity index (χ3v) is 3.07. The highest BCUT2D eigenvalue weighted by Gasteiger charge is 2.30. The minimum Gasteiger partial charge on any atom is -0.481 e. The molecule has 1 aliphatic heterocycles. The molecule has 1 fully saturated rings. The van der Waals surface area contributed by atoms with E-state index in [2.05, 4.69) is 4.98 Å². The van der Waals surface area contributed by atoms with Gasteiger partial charge in [0.15, 0.2) is 0 Å². The van der Waals surface area contributed by atoms with Crippen LogP contribution in [0.25, 0.3) is 0 Å². The van der Waals surface area contributed by atoms with E-state index in [1.807, 2.05) is 17.0 Å². The summed E-state index contributed by atoms with van der Waals surface area (Å²) >= 11 is 0. The molecule has 17 heavy (non-hydrogen) atoms. The van der Waals surface area contributed by atoms with Gasteiger partial charge in [0.2, 0.25) is 5.88 Å². The van der Waals surface area contributed by atoms with Gasteiger partial charge in [-0.2, -0.15) is 0 Å². The lowest BCUT2D eigenvalue weighted by Gasteiger charge is -2.21. The Morgan fingerprint density at radius 2 is 2.53 bits per heavy atom. The van der Waals surface area contributed by atoms with Gasteiger partial charge in [-0.1, -0.05) is 6.07 Å². The van der Waals surface area contributed by atoms with Crippen LogP contribution < -0.4 is 4.74 Å². The Morgan fingerprint density at radius 3 is 3.24 bits per heavy atom. The quantitative estimate of drug-likeness (QED) is 0.849. The molecule has 1 saturated heterocycles. The van der Waals surface area contributed by atoms with Crippen LogP contribution in [0.2, 0.25) is 0 Å². The summed E-state index contributed by atoms with van der Waals surface area (Å²) < 4.78 is 5.17. The van der Waals surface area contributed by atoms with Crippen molar-refractivity contribution in [2.75, 3.05) is 13.7 Å². The molecule has 0 aliphatic carbocycles. The molecular weight excluding hydrogens is 220 g/mol. The van der Waals surface area contributed by atoms with Crippen LogP contribution in [0.15, 0.2) is 18.3 Å². The van der Waals surface area contributed by atoms with Crippen molar-refractivity contribution in [1.29, 1.82) is 0 Å². The number of pyridine rings is 1. The normalized spacial score (nSPS) is 20.4. The summed E-state index contributed by atoms with van der Waals surface area (Å²) in [5.41, 5.74) is 0.933. The van der Waals surface area contributed by atoms with E-state index in [9.17, 15) is 4.79 Å². The van der Waals surface area contributed by atoms with E-state index in [4.69, 9.17) is 9.84 Å². The molecule has 1 aliphatic rings. The molecule has 1 unspecified atom stereocenters. The molecule has 0 amide bonds. The monoisotopic (exact) mass is 236 g/mol. The van der Waals surface area contributed by atoms with Crippen molar-refractivity contribution in [3.8, 4) is 5.88 Å². The maximum absolute atomic E-state index is 11.1. The van der Waals surface area contributed by atoms with E-state index in [1.165, 1.54) is 0 Å². The Balaban J connectivity index is 2.12. The summed E-state index contributed by atoms with van der Waals surface area (Å²) in [5, 5.41) is 9.10. The molecule has 5 heteroatoms. The van der Waals surface area contributed by atoms with Gasteiger partial charge in [-0.25, -0.2) is 4.98 Å². The fraction of sp³-hybridized carbons (Fsp3) is 0.500. The number of rotatable bonds is 4.